The Balaban J connectivity index is 1.99. The maximum Gasteiger partial charge on any atom is 0.239 e. The summed E-state index contributed by atoms with van der Waals surface area (Å²) in [5.74, 6) is 1.50. The van der Waals surface area contributed by atoms with Gasteiger partial charge in [-0.25, -0.2) is 4.98 Å². The van der Waals surface area contributed by atoms with E-state index in [0.717, 1.165) is 12.1 Å². The monoisotopic (exact) mass is 335 g/mol. The van der Waals surface area contributed by atoms with Gasteiger partial charge in [0.25, 0.3) is 0 Å². The Morgan fingerprint density at radius 2 is 1.96 bits per heavy atom. The molecule has 0 radical (unpaired) electrons. The minimum atomic E-state index is -0.415. The van der Waals surface area contributed by atoms with Crippen LogP contribution in [0.5, 0.6) is 5.88 Å². The zero-order valence-corrected chi connectivity index (χ0v) is 15.2. The molecular weight excluding hydrogens is 306 g/mol. The van der Waals surface area contributed by atoms with Crippen LogP contribution in [0.4, 0.5) is 5.95 Å². The van der Waals surface area contributed by atoms with Gasteiger partial charge < -0.3 is 20.3 Å². The van der Waals surface area contributed by atoms with Crippen LogP contribution in [0.3, 0.4) is 0 Å². The van der Waals surface area contributed by atoms with Gasteiger partial charge in [0.05, 0.1) is 12.6 Å². The predicted molar refractivity (Wildman–Crippen MR) is 94.2 cm³/mol. The molecule has 0 bridgehead atoms. The Morgan fingerprint density at radius 3 is 2.54 bits per heavy atom. The minimum absolute atomic E-state index is 0.0455. The van der Waals surface area contributed by atoms with Crippen molar-refractivity contribution in [3.8, 4) is 5.88 Å². The number of rotatable bonds is 6. The number of carbonyl (C=O) groups is 1. The summed E-state index contributed by atoms with van der Waals surface area (Å²) in [6.07, 6.45) is 0.907. The molecule has 0 spiro atoms. The second kappa shape index (κ2) is 8.28. The van der Waals surface area contributed by atoms with Crippen LogP contribution < -0.4 is 15.4 Å². The van der Waals surface area contributed by atoms with Gasteiger partial charge in [-0.15, -0.1) is 0 Å². The number of amides is 1. The van der Waals surface area contributed by atoms with Gasteiger partial charge in [-0.1, -0.05) is 20.3 Å². The van der Waals surface area contributed by atoms with Crippen molar-refractivity contribution in [3.05, 3.63) is 11.8 Å². The molecule has 1 aromatic rings. The number of carbonyl (C=O) groups excluding carboxylic acids is 1. The van der Waals surface area contributed by atoms with E-state index in [1.807, 2.05) is 31.7 Å². The van der Waals surface area contributed by atoms with Gasteiger partial charge in [-0.2, -0.15) is 4.98 Å². The fourth-order valence-corrected chi connectivity index (χ4v) is 2.72. The second-order valence-electron chi connectivity index (χ2n) is 6.30. The van der Waals surface area contributed by atoms with E-state index >= 15 is 0 Å². The first-order valence-electron chi connectivity index (χ1n) is 8.74. The molecule has 1 aliphatic heterocycles. The van der Waals surface area contributed by atoms with Crippen molar-refractivity contribution in [1.82, 2.24) is 14.9 Å². The third-order valence-electron chi connectivity index (χ3n) is 4.53. The normalized spacial score (nSPS) is 17.5. The smallest absolute Gasteiger partial charge is 0.239 e. The number of hydrogen-bond acceptors (Lipinski definition) is 6. The van der Waals surface area contributed by atoms with E-state index in [0.29, 0.717) is 44.6 Å². The standard InChI is InChI=1S/C17H29N5O2/c1-5-12(3)15(18)16(23)21-7-9-22(10-8-21)17-19-13(4)11-14(20-17)24-6-2/h11-12,15H,5-10,18H2,1-4H3. The summed E-state index contributed by atoms with van der Waals surface area (Å²) in [7, 11) is 0. The molecule has 134 valence electrons. The second-order valence-corrected chi connectivity index (χ2v) is 6.30. The van der Waals surface area contributed by atoms with E-state index in [1.165, 1.54) is 0 Å². The first kappa shape index (κ1) is 18.4. The summed E-state index contributed by atoms with van der Waals surface area (Å²) in [5, 5.41) is 0. The Hall–Kier alpha value is -1.89. The largest absolute Gasteiger partial charge is 0.478 e. The molecule has 7 heteroatoms. The van der Waals surface area contributed by atoms with E-state index in [2.05, 4.69) is 21.8 Å². The molecule has 0 aromatic carbocycles. The Labute approximate surface area is 144 Å². The maximum absolute atomic E-state index is 12.5. The molecule has 1 saturated heterocycles. The molecule has 2 N–H and O–H groups in total. The lowest BCUT2D eigenvalue weighted by molar-refractivity contribution is -0.134. The Bertz CT molecular complexity index is 558. The van der Waals surface area contributed by atoms with E-state index in [4.69, 9.17) is 10.5 Å². The summed E-state index contributed by atoms with van der Waals surface area (Å²) in [4.78, 5) is 25.4. The summed E-state index contributed by atoms with van der Waals surface area (Å²) in [5.41, 5.74) is 6.95. The third kappa shape index (κ3) is 4.35. The predicted octanol–water partition coefficient (Wildman–Crippen LogP) is 1.21. The van der Waals surface area contributed by atoms with Crippen LogP contribution in [-0.2, 0) is 4.79 Å². The number of nitrogens with two attached hydrogens (primary N) is 1. The zero-order valence-electron chi connectivity index (χ0n) is 15.2. The third-order valence-corrected chi connectivity index (χ3v) is 4.53. The topological polar surface area (TPSA) is 84.6 Å². The average molecular weight is 335 g/mol. The van der Waals surface area contributed by atoms with Crippen molar-refractivity contribution in [2.75, 3.05) is 37.7 Å². The van der Waals surface area contributed by atoms with Crippen LogP contribution in [-0.4, -0.2) is 59.6 Å². The summed E-state index contributed by atoms with van der Waals surface area (Å²) in [6, 6.07) is 1.42. The fraction of sp³-hybridized carbons (Fsp3) is 0.706. The summed E-state index contributed by atoms with van der Waals surface area (Å²) < 4.78 is 5.49. The minimum Gasteiger partial charge on any atom is -0.478 e. The number of ether oxygens (including phenoxy) is 1. The molecule has 2 heterocycles. The van der Waals surface area contributed by atoms with Gasteiger partial charge in [0.15, 0.2) is 0 Å². The van der Waals surface area contributed by atoms with Crippen molar-refractivity contribution in [3.63, 3.8) is 0 Å². The van der Waals surface area contributed by atoms with Crippen LogP contribution in [0, 0.1) is 12.8 Å². The molecule has 1 fully saturated rings. The molecular formula is C17H29N5O2. The number of aryl methyl sites for hydroxylation is 1. The number of aromatic nitrogens is 2. The van der Waals surface area contributed by atoms with E-state index in [9.17, 15) is 4.79 Å². The average Bonchev–Trinajstić information content (AvgIpc) is 2.59. The molecule has 0 saturated carbocycles. The molecule has 2 unspecified atom stereocenters. The fourth-order valence-electron chi connectivity index (χ4n) is 2.72. The van der Waals surface area contributed by atoms with E-state index in [-0.39, 0.29) is 11.8 Å². The highest BCUT2D eigenvalue weighted by atomic mass is 16.5. The molecule has 2 atom stereocenters. The van der Waals surface area contributed by atoms with Crippen LogP contribution in [0.2, 0.25) is 0 Å². The van der Waals surface area contributed by atoms with Gasteiger partial charge in [0.1, 0.15) is 0 Å². The number of piperazine rings is 1. The van der Waals surface area contributed by atoms with Crippen LogP contribution >= 0.6 is 0 Å². The molecule has 7 nitrogen and oxygen atoms in total. The highest BCUT2D eigenvalue weighted by molar-refractivity contribution is 5.82. The number of nitrogens with zero attached hydrogens (tertiary/aromatic N) is 4. The van der Waals surface area contributed by atoms with Gasteiger partial charge in [0.2, 0.25) is 17.7 Å². The molecule has 1 amide bonds. The molecule has 1 aromatic heterocycles. The van der Waals surface area contributed by atoms with Crippen molar-refractivity contribution in [1.29, 1.82) is 0 Å². The quantitative estimate of drug-likeness (QED) is 0.841. The van der Waals surface area contributed by atoms with E-state index in [1.54, 1.807) is 0 Å². The lowest BCUT2D eigenvalue weighted by atomic mass is 9.98. The van der Waals surface area contributed by atoms with Crippen LogP contribution in [0.15, 0.2) is 6.07 Å². The highest BCUT2D eigenvalue weighted by Gasteiger charge is 2.28. The SMILES string of the molecule is CCOc1cc(C)nc(N2CCN(C(=O)C(N)C(C)CC)CC2)n1. The van der Waals surface area contributed by atoms with Crippen molar-refractivity contribution in [2.24, 2.45) is 11.7 Å². The molecule has 0 aliphatic carbocycles. The van der Waals surface area contributed by atoms with Crippen molar-refractivity contribution < 1.29 is 9.53 Å². The first-order chi connectivity index (χ1) is 11.5. The van der Waals surface area contributed by atoms with Crippen LogP contribution in [0.1, 0.15) is 32.9 Å². The first-order valence-corrected chi connectivity index (χ1v) is 8.74. The Kier molecular flexibility index (Phi) is 6.36. The lowest BCUT2D eigenvalue weighted by Gasteiger charge is -2.36. The van der Waals surface area contributed by atoms with Gasteiger partial charge in [-0.3, -0.25) is 4.79 Å². The Morgan fingerprint density at radius 1 is 1.29 bits per heavy atom. The lowest BCUT2D eigenvalue weighted by Crippen LogP contribution is -2.54. The van der Waals surface area contributed by atoms with Gasteiger partial charge >= 0.3 is 0 Å². The highest BCUT2D eigenvalue weighted by Crippen LogP contribution is 2.18. The van der Waals surface area contributed by atoms with Crippen molar-refractivity contribution >= 4 is 11.9 Å². The summed E-state index contributed by atoms with van der Waals surface area (Å²) >= 11 is 0. The maximum atomic E-state index is 12.5. The van der Waals surface area contributed by atoms with Crippen LogP contribution in [0.25, 0.3) is 0 Å². The van der Waals surface area contributed by atoms with Gasteiger partial charge in [-0.05, 0) is 19.8 Å². The van der Waals surface area contributed by atoms with Crippen molar-refractivity contribution in [2.45, 2.75) is 40.2 Å². The number of anilines is 1. The molecule has 24 heavy (non-hydrogen) atoms. The molecule has 1 aliphatic rings. The van der Waals surface area contributed by atoms with Gasteiger partial charge in [0, 0.05) is 37.9 Å². The summed E-state index contributed by atoms with van der Waals surface area (Å²) in [6.45, 7) is 11.2. The number of hydrogen-bond donors (Lipinski definition) is 1. The zero-order chi connectivity index (χ0) is 17.7. The van der Waals surface area contributed by atoms with E-state index < -0.39 is 6.04 Å². The molecule has 2 rings (SSSR count).